The minimum absolute atomic E-state index is 0. The maximum Gasteiger partial charge on any atom is 0.490 e. The monoisotopic (exact) mass is 865 g/mol. The third kappa shape index (κ3) is 12.0. The molecule has 5 heterocycles. The topological polar surface area (TPSA) is 349 Å². The maximum atomic E-state index is 12.9. The zero-order valence-corrected chi connectivity index (χ0v) is 30.1. The Labute approximate surface area is 315 Å². The summed E-state index contributed by atoms with van der Waals surface area (Å²) in [5, 5.41) is 19.5. The van der Waals surface area contributed by atoms with E-state index >= 15 is 0 Å². The number of aromatic nitrogens is 6. The van der Waals surface area contributed by atoms with Crippen LogP contribution in [-0.2, 0) is 53.8 Å². The molecule has 318 valence electrons. The van der Waals surface area contributed by atoms with Gasteiger partial charge in [0.2, 0.25) is 6.33 Å². The second kappa shape index (κ2) is 18.3. The molecule has 4 unspecified atom stereocenters. The van der Waals surface area contributed by atoms with Crippen LogP contribution in [0.1, 0.15) is 26.8 Å². The van der Waals surface area contributed by atoms with Crippen molar-refractivity contribution in [2.45, 2.75) is 69.6 Å². The van der Waals surface area contributed by atoms with Crippen molar-refractivity contribution in [1.82, 2.24) is 23.4 Å². The first-order valence-corrected chi connectivity index (χ1v) is 18.3. The van der Waals surface area contributed by atoms with Gasteiger partial charge in [0, 0.05) is 31.5 Å². The fraction of sp³-hybridized carbons (Fsp3) is 0.519. The van der Waals surface area contributed by atoms with E-state index in [1.165, 1.54) is 17.8 Å². The summed E-state index contributed by atoms with van der Waals surface area (Å²) in [5.74, 6) is -3.74. The number of alkyl halides is 3. The first-order chi connectivity index (χ1) is 25.9. The van der Waals surface area contributed by atoms with Crippen LogP contribution in [0, 0.1) is 0 Å². The molecule has 10 atom stereocenters. The Morgan fingerprint density at radius 3 is 1.88 bits per heavy atom. The summed E-state index contributed by atoms with van der Waals surface area (Å²) in [6.45, 7) is -0.766. The molecule has 3 aromatic rings. The van der Waals surface area contributed by atoms with E-state index in [-0.39, 0.29) is 7.43 Å². The molecule has 3 aromatic heterocycles. The number of carbonyl (C=O) groups is 2. The Morgan fingerprint density at radius 1 is 0.877 bits per heavy atom. The van der Waals surface area contributed by atoms with Gasteiger partial charge in [-0.2, -0.15) is 17.5 Å². The van der Waals surface area contributed by atoms with Crippen LogP contribution in [0.4, 0.5) is 13.2 Å². The largest absolute Gasteiger partial charge is 0.756 e. The van der Waals surface area contributed by atoms with Crippen molar-refractivity contribution < 1.29 is 89.3 Å². The first-order valence-electron chi connectivity index (χ1n) is 15.3. The molecule has 2 fully saturated rings. The summed E-state index contributed by atoms with van der Waals surface area (Å²) in [6, 6.07) is 1.84. The standard InChI is InChI=1S/C17H18F3N4O10P.C9H13N2O9P.CH4/c1-9(25)32-12-10(7-31-35(29,30)23-6-5-22(2)8-23)33-14(13(12)34-15(27)17(18,19)20)24-4-3-11(26)21-16(24)28;12-5-1-2-11(9(15)10-5)8-7(14)6(13)4(20-8)3-19-21(16,17)18;/h3-6,8,10,12-14H,7H2,1-2H3,(H-,21,26,28,29,30);1-2,4,6-8,13-14H,3H2,(H,10,12,15)(H2,16,17,18);1H4/p-1/t10-,12?,13+,14-;4-,6?,7+,8-;/m11./s1. The number of hydrogen-bond donors (Lipinski definition) is 5. The lowest BCUT2D eigenvalue weighted by atomic mass is 10.1. The number of nitrogens with zero attached hydrogens (tertiary/aromatic N) is 4. The molecular weight excluding hydrogens is 831 g/mol. The number of aryl methyl sites for hydroxylation is 1. The molecule has 57 heavy (non-hydrogen) atoms. The third-order valence-corrected chi connectivity index (χ3v) is 9.24. The van der Waals surface area contributed by atoms with Crippen molar-refractivity contribution in [3.63, 3.8) is 0 Å². The van der Waals surface area contributed by atoms with Crippen molar-refractivity contribution in [2.24, 2.45) is 7.05 Å². The summed E-state index contributed by atoms with van der Waals surface area (Å²) >= 11 is 0. The Hall–Kier alpha value is -4.60. The van der Waals surface area contributed by atoms with Gasteiger partial charge in [0.25, 0.3) is 18.9 Å². The summed E-state index contributed by atoms with van der Waals surface area (Å²) in [5.41, 5.74) is -3.54. The van der Waals surface area contributed by atoms with Gasteiger partial charge < -0.3 is 52.9 Å². The average Bonchev–Trinajstić information content (AvgIpc) is 3.74. The van der Waals surface area contributed by atoms with Crippen molar-refractivity contribution in [2.75, 3.05) is 13.2 Å². The number of rotatable bonds is 11. The van der Waals surface area contributed by atoms with Crippen molar-refractivity contribution in [1.29, 1.82) is 0 Å². The van der Waals surface area contributed by atoms with E-state index in [4.69, 9.17) is 23.6 Å². The number of phosphoric acid groups is 1. The van der Waals surface area contributed by atoms with E-state index in [0.29, 0.717) is 8.90 Å². The number of esters is 2. The third-order valence-electron chi connectivity index (χ3n) is 7.49. The molecule has 2 saturated heterocycles. The molecular formula is C27H34F3N6O19P2-. The highest BCUT2D eigenvalue weighted by atomic mass is 31.2. The normalized spacial score (nSPS) is 26.6. The number of aliphatic hydroxyl groups is 2. The van der Waals surface area contributed by atoms with Crippen molar-refractivity contribution in [3.8, 4) is 0 Å². The van der Waals surface area contributed by atoms with Gasteiger partial charge in [0.15, 0.2) is 24.7 Å². The smallest absolute Gasteiger partial charge is 0.490 e. The molecule has 0 amide bonds. The van der Waals surface area contributed by atoms with Gasteiger partial charge in [-0.3, -0.25) is 42.6 Å². The molecule has 30 heteroatoms. The molecule has 5 rings (SSSR count). The van der Waals surface area contributed by atoms with Crippen LogP contribution in [-0.4, -0.2) is 106 Å². The Bertz CT molecular complexity index is 2230. The number of hydrogen-bond acceptors (Lipinski definition) is 18. The second-order valence-electron chi connectivity index (χ2n) is 11.6. The molecule has 0 saturated carbocycles. The predicted molar refractivity (Wildman–Crippen MR) is 171 cm³/mol. The molecule has 0 aliphatic carbocycles. The number of imidazole rings is 1. The number of nitrogens with one attached hydrogen (secondary N) is 2. The van der Waals surface area contributed by atoms with E-state index in [9.17, 15) is 71.1 Å². The van der Waals surface area contributed by atoms with Gasteiger partial charge in [0.1, 0.15) is 36.8 Å². The Kier molecular flexibility index (Phi) is 15.0. The summed E-state index contributed by atoms with van der Waals surface area (Å²) in [6.07, 6.45) is -13.1. The number of carbonyl (C=O) groups excluding carboxylic acids is 2. The van der Waals surface area contributed by atoms with Gasteiger partial charge in [-0.05, 0) is 0 Å². The van der Waals surface area contributed by atoms with Gasteiger partial charge in [-0.1, -0.05) is 7.43 Å². The number of ether oxygens (including phenoxy) is 4. The van der Waals surface area contributed by atoms with E-state index in [2.05, 4.69) is 9.26 Å². The average molecular weight is 866 g/mol. The van der Waals surface area contributed by atoms with Crippen LogP contribution < -0.4 is 36.9 Å². The highest BCUT2D eigenvalue weighted by Gasteiger charge is 2.54. The van der Waals surface area contributed by atoms with E-state index < -0.39 is 118 Å². The molecule has 0 aromatic carbocycles. The van der Waals surface area contributed by atoms with Gasteiger partial charge in [-0.25, -0.2) is 19.0 Å². The Morgan fingerprint density at radius 2 is 1.40 bits per heavy atom. The zero-order valence-electron chi connectivity index (χ0n) is 28.3. The fourth-order valence-electron chi connectivity index (χ4n) is 5.05. The predicted octanol–water partition coefficient (Wildman–Crippen LogP) is -4.23. The van der Waals surface area contributed by atoms with Crippen LogP contribution in [0.25, 0.3) is 0 Å². The van der Waals surface area contributed by atoms with Crippen molar-refractivity contribution >= 4 is 27.5 Å². The molecule has 5 N–H and O–H groups in total. The lowest BCUT2D eigenvalue weighted by Gasteiger charge is -2.25. The molecule has 0 spiro atoms. The van der Waals surface area contributed by atoms with Crippen LogP contribution in [0.2, 0.25) is 0 Å². The van der Waals surface area contributed by atoms with Gasteiger partial charge in [-0.15, -0.1) is 0 Å². The SMILES string of the molecule is C.CC(=O)OC1[C@@H](COP(=O)([O-])n2cc[n+](C)c2)O[C@@H](n2ccc(=O)[nH]c2=O)[C@H]1OC(=O)C(F)(F)F.O=c1ccn([C@@H]2O[C@H](COP(=O)([O-])O)C(O)[C@@H]2O)c(=O)[nH]1. The first kappa shape index (κ1) is 46.8. The van der Waals surface area contributed by atoms with Crippen LogP contribution in [0.5, 0.6) is 0 Å². The van der Waals surface area contributed by atoms with E-state index in [1.807, 2.05) is 9.97 Å². The second-order valence-corrected chi connectivity index (χ2v) is 14.4. The highest BCUT2D eigenvalue weighted by Crippen LogP contribution is 2.41. The fourth-order valence-corrected chi connectivity index (χ4v) is 6.37. The number of phosphoric ester groups is 1. The number of aliphatic hydroxyl groups excluding tert-OH is 2. The lowest BCUT2D eigenvalue weighted by Crippen LogP contribution is -2.44. The molecule has 0 radical (unpaired) electrons. The number of aromatic amines is 2. The van der Waals surface area contributed by atoms with Gasteiger partial charge in [0.05, 0.1) is 20.3 Å². The molecule has 25 nitrogen and oxygen atoms in total. The summed E-state index contributed by atoms with van der Waals surface area (Å²) in [7, 11) is -8.28. The minimum atomic E-state index is -5.47. The summed E-state index contributed by atoms with van der Waals surface area (Å²) < 4.78 is 94.1. The lowest BCUT2D eigenvalue weighted by molar-refractivity contribution is -0.670. The minimum Gasteiger partial charge on any atom is -0.756 e. The molecule has 2 aliphatic rings. The van der Waals surface area contributed by atoms with Crippen LogP contribution in [0.3, 0.4) is 0 Å². The van der Waals surface area contributed by atoms with Gasteiger partial charge >= 0.3 is 37.2 Å². The molecule has 0 bridgehead atoms. The number of H-pyrrole nitrogens is 2. The Balaban J connectivity index is 0.000000338. The van der Waals surface area contributed by atoms with Crippen molar-refractivity contribution in [3.05, 3.63) is 84.9 Å². The summed E-state index contributed by atoms with van der Waals surface area (Å²) in [4.78, 5) is 104. The van der Waals surface area contributed by atoms with Crippen LogP contribution in [0.15, 0.2) is 62.4 Å². The van der Waals surface area contributed by atoms with E-state index in [1.54, 1.807) is 0 Å². The van der Waals surface area contributed by atoms with Crippen LogP contribution >= 0.6 is 15.6 Å². The maximum absolute atomic E-state index is 12.9. The number of halogens is 3. The highest BCUT2D eigenvalue weighted by molar-refractivity contribution is 7.49. The zero-order chi connectivity index (χ0) is 41.9. The quantitative estimate of drug-likeness (QED) is 0.0692. The molecule has 2 aliphatic heterocycles. The van der Waals surface area contributed by atoms with E-state index in [0.717, 1.165) is 48.5 Å².